The van der Waals surface area contributed by atoms with Crippen molar-refractivity contribution in [1.29, 1.82) is 0 Å². The molecule has 0 radical (unpaired) electrons. The highest BCUT2D eigenvalue weighted by atomic mass is 15.0. The SMILES string of the molecule is Cn1c2c(-c3cccc(-c4nc(-c5ccccc5)nc(-c5ccccc5)n4)c3)cccc2c2c1c(-c1cccc(-c3nc(-c4ccccc4)nc(-c4ccccc4)n3)c1)cc1c3ccccc3n(-c3ccccc3)c12. The van der Waals surface area contributed by atoms with Crippen LogP contribution in [0.25, 0.3) is 140 Å². The Kier molecular flexibility index (Phi) is 10.5. The summed E-state index contributed by atoms with van der Waals surface area (Å²) in [6, 6.07) is 86.4. The van der Waals surface area contributed by atoms with Gasteiger partial charge in [-0.25, -0.2) is 29.9 Å². The predicted octanol–water partition coefficient (Wildman–Crippen LogP) is 16.1. The van der Waals surface area contributed by atoms with Crippen molar-refractivity contribution in [2.45, 2.75) is 0 Å². The predicted molar refractivity (Wildman–Crippen MR) is 305 cm³/mol. The van der Waals surface area contributed by atoms with Crippen molar-refractivity contribution in [1.82, 2.24) is 39.0 Å². The van der Waals surface area contributed by atoms with Crippen LogP contribution in [0.1, 0.15) is 0 Å². The van der Waals surface area contributed by atoms with Crippen LogP contribution in [-0.4, -0.2) is 39.0 Å². The van der Waals surface area contributed by atoms with Crippen molar-refractivity contribution >= 4 is 43.6 Å². The first-order valence-electron chi connectivity index (χ1n) is 25.1. The average molecular weight is 961 g/mol. The molecule has 14 aromatic rings. The molecule has 4 heterocycles. The highest BCUT2D eigenvalue weighted by Gasteiger charge is 2.25. The van der Waals surface area contributed by atoms with Crippen molar-refractivity contribution in [2.75, 3.05) is 0 Å². The first-order valence-corrected chi connectivity index (χ1v) is 25.1. The molecular weight excluding hydrogens is 917 g/mol. The van der Waals surface area contributed by atoms with Gasteiger partial charge in [0.15, 0.2) is 34.9 Å². The molecule has 0 bridgehead atoms. The summed E-state index contributed by atoms with van der Waals surface area (Å²) in [5.74, 6) is 3.70. The van der Waals surface area contributed by atoms with Gasteiger partial charge in [-0.05, 0) is 47.5 Å². The minimum absolute atomic E-state index is 0.603. The molecule has 75 heavy (non-hydrogen) atoms. The Labute approximate surface area is 432 Å². The number of nitrogens with zero attached hydrogens (tertiary/aromatic N) is 8. The van der Waals surface area contributed by atoms with Gasteiger partial charge in [-0.15, -0.1) is 0 Å². The third-order valence-corrected chi connectivity index (χ3v) is 14.2. The van der Waals surface area contributed by atoms with Gasteiger partial charge in [0.1, 0.15) is 0 Å². The van der Waals surface area contributed by atoms with Crippen molar-refractivity contribution in [3.63, 3.8) is 0 Å². The number of rotatable bonds is 9. The van der Waals surface area contributed by atoms with E-state index in [4.69, 9.17) is 29.9 Å². The Bertz CT molecular complexity index is 4340. The Balaban J connectivity index is 1.01. The van der Waals surface area contributed by atoms with Crippen molar-refractivity contribution in [3.8, 4) is 96.3 Å². The van der Waals surface area contributed by atoms with E-state index in [1.54, 1.807) is 0 Å². The van der Waals surface area contributed by atoms with E-state index in [9.17, 15) is 0 Å². The van der Waals surface area contributed by atoms with Gasteiger partial charge >= 0.3 is 0 Å². The number of hydrogen-bond donors (Lipinski definition) is 0. The van der Waals surface area contributed by atoms with Crippen molar-refractivity contribution in [3.05, 3.63) is 249 Å². The van der Waals surface area contributed by atoms with Crippen LogP contribution < -0.4 is 0 Å². The van der Waals surface area contributed by atoms with Crippen LogP contribution in [-0.2, 0) is 7.05 Å². The molecule has 0 aliphatic heterocycles. The third-order valence-electron chi connectivity index (χ3n) is 14.2. The zero-order valence-electron chi connectivity index (χ0n) is 40.7. The Morgan fingerprint density at radius 2 is 0.640 bits per heavy atom. The van der Waals surface area contributed by atoms with E-state index in [2.05, 4.69) is 144 Å². The molecule has 14 rings (SSSR count). The summed E-state index contributed by atoms with van der Waals surface area (Å²) in [5, 5.41) is 4.65. The van der Waals surface area contributed by atoms with E-state index in [1.807, 2.05) is 121 Å². The summed E-state index contributed by atoms with van der Waals surface area (Å²) in [6.45, 7) is 0. The fourth-order valence-electron chi connectivity index (χ4n) is 10.8. The van der Waals surface area contributed by atoms with Gasteiger partial charge in [0.2, 0.25) is 0 Å². The largest absolute Gasteiger partial charge is 0.343 e. The van der Waals surface area contributed by atoms with Crippen LogP contribution in [0.5, 0.6) is 0 Å². The molecule has 0 aliphatic rings. The van der Waals surface area contributed by atoms with E-state index in [1.165, 1.54) is 16.2 Å². The minimum Gasteiger partial charge on any atom is -0.343 e. The van der Waals surface area contributed by atoms with Gasteiger partial charge in [-0.3, -0.25) is 0 Å². The summed E-state index contributed by atoms with van der Waals surface area (Å²) >= 11 is 0. The van der Waals surface area contributed by atoms with Gasteiger partial charge in [0, 0.05) is 78.8 Å². The Morgan fingerprint density at radius 1 is 0.267 bits per heavy atom. The van der Waals surface area contributed by atoms with Crippen molar-refractivity contribution in [2.24, 2.45) is 7.05 Å². The molecule has 0 amide bonds. The molecule has 352 valence electrons. The van der Waals surface area contributed by atoms with Crippen LogP contribution in [0.4, 0.5) is 0 Å². The average Bonchev–Trinajstić information content (AvgIpc) is 4.05. The van der Waals surface area contributed by atoms with E-state index < -0.39 is 0 Å². The molecule has 0 unspecified atom stereocenters. The summed E-state index contributed by atoms with van der Waals surface area (Å²) in [6.07, 6.45) is 0. The second-order valence-corrected chi connectivity index (χ2v) is 18.7. The van der Waals surface area contributed by atoms with E-state index in [0.29, 0.717) is 34.9 Å². The summed E-state index contributed by atoms with van der Waals surface area (Å²) in [4.78, 5) is 30.5. The number of hydrogen-bond acceptors (Lipinski definition) is 6. The molecule has 0 atom stereocenters. The zero-order valence-corrected chi connectivity index (χ0v) is 40.7. The van der Waals surface area contributed by atoms with Crippen LogP contribution in [0.15, 0.2) is 249 Å². The molecule has 0 saturated heterocycles. The van der Waals surface area contributed by atoms with Crippen LogP contribution >= 0.6 is 0 Å². The van der Waals surface area contributed by atoms with Crippen LogP contribution in [0.2, 0.25) is 0 Å². The lowest BCUT2D eigenvalue weighted by atomic mass is 9.96. The quantitative estimate of drug-likeness (QED) is 0.143. The second-order valence-electron chi connectivity index (χ2n) is 18.7. The molecule has 0 spiro atoms. The number of fused-ring (bicyclic) bond motifs is 7. The minimum atomic E-state index is 0.603. The Hall–Kier alpha value is -10.2. The maximum absolute atomic E-state index is 5.15. The number of benzene rings is 10. The smallest absolute Gasteiger partial charge is 0.164 e. The normalized spacial score (nSPS) is 11.5. The summed E-state index contributed by atoms with van der Waals surface area (Å²) in [5.41, 5.74) is 15.4. The molecule has 8 nitrogen and oxygen atoms in total. The standard InChI is InChI=1S/C67H44N8/c1-74-59-52(47-30-19-32-49(40-47)66-70-62(43-22-7-2-8-23-43)68-63(71-66)44-24-9-3-10-25-44)37-21-38-54(59)58-60(74)55(42-56-53-36-17-18-39-57(53)75(61(56)58)51-34-15-6-16-35-51)48-31-20-33-50(41-48)67-72-64(45-26-11-4-12-27-45)69-65(73-67)46-28-13-5-14-29-46/h2-42H,1H3. The lowest BCUT2D eigenvalue weighted by Gasteiger charge is -2.13. The Morgan fingerprint density at radius 3 is 1.13 bits per heavy atom. The lowest BCUT2D eigenvalue weighted by Crippen LogP contribution is -2.00. The van der Waals surface area contributed by atoms with Gasteiger partial charge in [0.05, 0.1) is 22.1 Å². The van der Waals surface area contributed by atoms with Crippen LogP contribution in [0, 0.1) is 0 Å². The number of para-hydroxylation sites is 3. The monoisotopic (exact) mass is 960 g/mol. The highest BCUT2D eigenvalue weighted by Crippen LogP contribution is 2.47. The van der Waals surface area contributed by atoms with Gasteiger partial charge in [-0.1, -0.05) is 212 Å². The van der Waals surface area contributed by atoms with Crippen LogP contribution in [0.3, 0.4) is 0 Å². The first-order chi connectivity index (χ1) is 37.1. The molecular formula is C67H44N8. The maximum atomic E-state index is 5.15. The first kappa shape index (κ1) is 43.6. The van der Waals surface area contributed by atoms with Crippen molar-refractivity contribution < 1.29 is 0 Å². The molecule has 0 fully saturated rings. The van der Waals surface area contributed by atoms with Gasteiger partial charge < -0.3 is 9.13 Å². The third kappa shape index (κ3) is 7.63. The summed E-state index contributed by atoms with van der Waals surface area (Å²) < 4.78 is 4.84. The zero-order chi connectivity index (χ0) is 49.8. The molecule has 10 aromatic carbocycles. The molecule has 8 heteroatoms. The highest BCUT2D eigenvalue weighted by molar-refractivity contribution is 6.30. The van der Waals surface area contributed by atoms with Gasteiger partial charge in [-0.2, -0.15) is 0 Å². The molecule has 0 N–H and O–H groups in total. The molecule has 0 saturated carbocycles. The number of aryl methyl sites for hydroxylation is 1. The summed E-state index contributed by atoms with van der Waals surface area (Å²) in [7, 11) is 2.21. The maximum Gasteiger partial charge on any atom is 0.164 e. The second kappa shape index (κ2) is 18.1. The topological polar surface area (TPSA) is 87.2 Å². The fourth-order valence-corrected chi connectivity index (χ4v) is 10.8. The fraction of sp³-hybridized carbons (Fsp3) is 0.0149. The molecule has 4 aromatic heterocycles. The lowest BCUT2D eigenvalue weighted by molar-refractivity contribution is 1.02. The van der Waals surface area contributed by atoms with E-state index in [0.717, 1.165) is 88.8 Å². The van der Waals surface area contributed by atoms with E-state index in [-0.39, 0.29) is 0 Å². The molecule has 0 aliphatic carbocycles. The van der Waals surface area contributed by atoms with Gasteiger partial charge in [0.25, 0.3) is 0 Å². The number of aromatic nitrogens is 8. The van der Waals surface area contributed by atoms with E-state index >= 15 is 0 Å².